The standard InChI is InChI=1S/C13H25N3O/c1-13(2,12-14)4-7-15-5-3-6-16(9-8-15)10-11-17/h17H,3-11H2,1-2H3. The molecule has 4 heteroatoms. The summed E-state index contributed by atoms with van der Waals surface area (Å²) in [4.78, 5) is 4.76. The molecule has 1 heterocycles. The molecule has 0 saturated carbocycles. The molecule has 98 valence electrons. The average Bonchev–Trinajstić information content (AvgIpc) is 2.53. The highest BCUT2D eigenvalue weighted by Crippen LogP contribution is 2.19. The van der Waals surface area contributed by atoms with Gasteiger partial charge in [-0.1, -0.05) is 0 Å². The minimum atomic E-state index is -0.211. The van der Waals surface area contributed by atoms with Crippen molar-refractivity contribution in [1.82, 2.24) is 9.80 Å². The summed E-state index contributed by atoms with van der Waals surface area (Å²) in [6.07, 6.45) is 2.09. The van der Waals surface area contributed by atoms with E-state index in [9.17, 15) is 0 Å². The molecule has 0 bridgehead atoms. The molecule has 0 atom stereocenters. The fraction of sp³-hybridized carbons (Fsp3) is 0.923. The molecule has 1 aliphatic heterocycles. The number of aliphatic hydroxyl groups is 1. The molecule has 0 unspecified atom stereocenters. The number of hydrogen-bond acceptors (Lipinski definition) is 4. The van der Waals surface area contributed by atoms with E-state index < -0.39 is 0 Å². The van der Waals surface area contributed by atoms with Gasteiger partial charge in [0.1, 0.15) is 0 Å². The third kappa shape index (κ3) is 5.49. The molecule has 0 aromatic carbocycles. The van der Waals surface area contributed by atoms with Crippen LogP contribution in [-0.4, -0.2) is 60.8 Å². The van der Waals surface area contributed by atoms with E-state index in [1.807, 2.05) is 13.8 Å². The summed E-state index contributed by atoms with van der Waals surface area (Å²) in [7, 11) is 0. The Morgan fingerprint density at radius 2 is 1.71 bits per heavy atom. The monoisotopic (exact) mass is 239 g/mol. The lowest BCUT2D eigenvalue weighted by Crippen LogP contribution is -2.33. The smallest absolute Gasteiger partial charge is 0.0684 e. The summed E-state index contributed by atoms with van der Waals surface area (Å²) < 4.78 is 0. The van der Waals surface area contributed by atoms with E-state index in [4.69, 9.17) is 10.4 Å². The predicted molar refractivity (Wildman–Crippen MR) is 68.6 cm³/mol. The van der Waals surface area contributed by atoms with Crippen LogP contribution >= 0.6 is 0 Å². The third-order valence-corrected chi connectivity index (χ3v) is 3.45. The van der Waals surface area contributed by atoms with Gasteiger partial charge in [-0.3, -0.25) is 4.90 Å². The van der Waals surface area contributed by atoms with Crippen LogP contribution in [0.1, 0.15) is 26.7 Å². The summed E-state index contributed by atoms with van der Waals surface area (Å²) in [5, 5.41) is 17.9. The first kappa shape index (κ1) is 14.4. The molecule has 1 fully saturated rings. The molecule has 1 rings (SSSR count). The molecule has 1 aliphatic rings. The fourth-order valence-corrected chi connectivity index (χ4v) is 2.11. The van der Waals surface area contributed by atoms with Gasteiger partial charge >= 0.3 is 0 Å². The van der Waals surface area contributed by atoms with Gasteiger partial charge in [-0.15, -0.1) is 0 Å². The van der Waals surface area contributed by atoms with Crippen LogP contribution in [0.4, 0.5) is 0 Å². The van der Waals surface area contributed by atoms with Crippen molar-refractivity contribution in [2.45, 2.75) is 26.7 Å². The summed E-state index contributed by atoms with van der Waals surface area (Å²) in [5.41, 5.74) is -0.211. The van der Waals surface area contributed by atoms with E-state index in [1.54, 1.807) is 0 Å². The van der Waals surface area contributed by atoms with Crippen LogP contribution in [0, 0.1) is 16.7 Å². The van der Waals surface area contributed by atoms with E-state index in [-0.39, 0.29) is 12.0 Å². The SMILES string of the molecule is CC(C)(C#N)CCN1CCCN(CCO)CC1. The van der Waals surface area contributed by atoms with Gasteiger partial charge in [0, 0.05) is 19.6 Å². The second-order valence-corrected chi connectivity index (χ2v) is 5.51. The Bertz CT molecular complexity index is 260. The van der Waals surface area contributed by atoms with Crippen molar-refractivity contribution < 1.29 is 5.11 Å². The number of nitrogens with zero attached hydrogens (tertiary/aromatic N) is 3. The molecule has 0 aliphatic carbocycles. The lowest BCUT2D eigenvalue weighted by Gasteiger charge is -2.24. The van der Waals surface area contributed by atoms with Crippen molar-refractivity contribution in [2.75, 3.05) is 45.9 Å². The second kappa shape index (κ2) is 6.95. The zero-order chi connectivity index (χ0) is 12.7. The fourth-order valence-electron chi connectivity index (χ4n) is 2.11. The first-order valence-electron chi connectivity index (χ1n) is 6.54. The van der Waals surface area contributed by atoms with Crippen molar-refractivity contribution in [1.29, 1.82) is 5.26 Å². The molecule has 4 nitrogen and oxygen atoms in total. The van der Waals surface area contributed by atoms with Gasteiger partial charge in [0.05, 0.1) is 18.1 Å². The molecule has 17 heavy (non-hydrogen) atoms. The number of rotatable bonds is 5. The van der Waals surface area contributed by atoms with Gasteiger partial charge in [0.25, 0.3) is 0 Å². The molecule has 1 saturated heterocycles. The van der Waals surface area contributed by atoms with Crippen molar-refractivity contribution in [3.05, 3.63) is 0 Å². The Morgan fingerprint density at radius 1 is 1.12 bits per heavy atom. The van der Waals surface area contributed by atoms with E-state index in [0.29, 0.717) is 0 Å². The summed E-state index contributed by atoms with van der Waals surface area (Å²) >= 11 is 0. The highest BCUT2D eigenvalue weighted by molar-refractivity contribution is 4.92. The van der Waals surface area contributed by atoms with E-state index >= 15 is 0 Å². The zero-order valence-corrected chi connectivity index (χ0v) is 11.2. The first-order chi connectivity index (χ1) is 8.07. The number of β-amino-alcohol motifs (C(OH)–C–C–N with tert-alkyl or cyclic N) is 1. The van der Waals surface area contributed by atoms with Gasteiger partial charge in [-0.25, -0.2) is 0 Å². The maximum atomic E-state index is 8.99. The minimum Gasteiger partial charge on any atom is -0.395 e. The lowest BCUT2D eigenvalue weighted by atomic mass is 9.91. The largest absolute Gasteiger partial charge is 0.395 e. The normalized spacial score (nSPS) is 19.9. The molecule has 0 spiro atoms. The second-order valence-electron chi connectivity index (χ2n) is 5.51. The van der Waals surface area contributed by atoms with Crippen molar-refractivity contribution in [3.63, 3.8) is 0 Å². The lowest BCUT2D eigenvalue weighted by molar-refractivity contribution is 0.194. The molecule has 0 radical (unpaired) electrons. The molecule has 1 N–H and O–H groups in total. The molecule has 0 aromatic rings. The molecular weight excluding hydrogens is 214 g/mol. The van der Waals surface area contributed by atoms with Crippen LogP contribution in [-0.2, 0) is 0 Å². The van der Waals surface area contributed by atoms with Gasteiger partial charge in [-0.2, -0.15) is 5.26 Å². The minimum absolute atomic E-state index is 0.211. The Balaban J connectivity index is 2.30. The zero-order valence-electron chi connectivity index (χ0n) is 11.2. The van der Waals surface area contributed by atoms with Crippen LogP contribution in [0.25, 0.3) is 0 Å². The highest BCUT2D eigenvalue weighted by atomic mass is 16.3. The van der Waals surface area contributed by atoms with Crippen LogP contribution < -0.4 is 0 Å². The Hall–Kier alpha value is -0.630. The van der Waals surface area contributed by atoms with Crippen molar-refractivity contribution in [3.8, 4) is 6.07 Å². The number of hydrogen-bond donors (Lipinski definition) is 1. The van der Waals surface area contributed by atoms with E-state index in [0.717, 1.165) is 52.1 Å². The molecule has 0 amide bonds. The molecule has 0 aromatic heterocycles. The van der Waals surface area contributed by atoms with Crippen LogP contribution in [0.5, 0.6) is 0 Å². The summed E-state index contributed by atoms with van der Waals surface area (Å²) in [5.74, 6) is 0. The van der Waals surface area contributed by atoms with Gasteiger partial charge in [0.15, 0.2) is 0 Å². The Kier molecular flexibility index (Phi) is 5.90. The van der Waals surface area contributed by atoms with E-state index in [2.05, 4.69) is 15.9 Å². The average molecular weight is 239 g/mol. The Labute approximate surface area is 105 Å². The highest BCUT2D eigenvalue weighted by Gasteiger charge is 2.20. The third-order valence-electron chi connectivity index (χ3n) is 3.45. The van der Waals surface area contributed by atoms with Crippen molar-refractivity contribution >= 4 is 0 Å². The van der Waals surface area contributed by atoms with Crippen molar-refractivity contribution in [2.24, 2.45) is 5.41 Å². The Morgan fingerprint density at radius 3 is 2.24 bits per heavy atom. The summed E-state index contributed by atoms with van der Waals surface area (Å²) in [6, 6.07) is 2.36. The van der Waals surface area contributed by atoms with Gasteiger partial charge in [-0.05, 0) is 46.3 Å². The topological polar surface area (TPSA) is 50.5 Å². The predicted octanol–water partition coefficient (Wildman–Crippen LogP) is 0.926. The number of aliphatic hydroxyl groups excluding tert-OH is 1. The quantitative estimate of drug-likeness (QED) is 0.775. The summed E-state index contributed by atoms with van der Waals surface area (Å²) in [6.45, 7) is 10.3. The maximum Gasteiger partial charge on any atom is 0.0684 e. The van der Waals surface area contributed by atoms with Crippen LogP contribution in [0.15, 0.2) is 0 Å². The number of nitriles is 1. The maximum absolute atomic E-state index is 8.99. The van der Waals surface area contributed by atoms with Crippen LogP contribution in [0.2, 0.25) is 0 Å². The van der Waals surface area contributed by atoms with Gasteiger partial charge in [0.2, 0.25) is 0 Å². The van der Waals surface area contributed by atoms with Gasteiger partial charge < -0.3 is 10.0 Å². The first-order valence-corrected chi connectivity index (χ1v) is 6.54. The molecular formula is C13H25N3O. The van der Waals surface area contributed by atoms with E-state index in [1.165, 1.54) is 0 Å². The van der Waals surface area contributed by atoms with Crippen LogP contribution in [0.3, 0.4) is 0 Å².